The highest BCUT2D eigenvalue weighted by Crippen LogP contribution is 2.30. The quantitative estimate of drug-likeness (QED) is 0.939. The molecule has 2 rings (SSSR count). The fourth-order valence-electron chi connectivity index (χ4n) is 1.90. The lowest BCUT2D eigenvalue weighted by Crippen LogP contribution is -2.05. The standard InChI is InChI=1S/C13H15BrFN3O/c1-8-10(5-6-16)13(18(2)17-8)19-12-7-9(14)3-4-11(12)15/h3-4,7H,5-6,16H2,1-2H3. The van der Waals surface area contributed by atoms with Gasteiger partial charge in [-0.2, -0.15) is 5.10 Å². The average molecular weight is 328 g/mol. The number of rotatable bonds is 4. The molecule has 2 N–H and O–H groups in total. The minimum atomic E-state index is -0.416. The van der Waals surface area contributed by atoms with Crippen molar-refractivity contribution in [3.8, 4) is 11.6 Å². The Balaban J connectivity index is 2.40. The summed E-state index contributed by atoms with van der Waals surface area (Å²) in [6, 6.07) is 4.56. The lowest BCUT2D eigenvalue weighted by Gasteiger charge is -2.09. The predicted octanol–water partition coefficient (Wildman–Crippen LogP) is 2.92. The third-order valence-electron chi connectivity index (χ3n) is 2.78. The van der Waals surface area contributed by atoms with E-state index >= 15 is 0 Å². The van der Waals surface area contributed by atoms with E-state index in [0.717, 1.165) is 15.7 Å². The van der Waals surface area contributed by atoms with Crippen LogP contribution in [0.3, 0.4) is 0 Å². The van der Waals surface area contributed by atoms with Gasteiger partial charge in [-0.05, 0) is 38.1 Å². The van der Waals surface area contributed by atoms with Crippen LogP contribution in [-0.2, 0) is 13.5 Å². The van der Waals surface area contributed by atoms with Gasteiger partial charge in [0.15, 0.2) is 11.6 Å². The number of halogens is 2. The van der Waals surface area contributed by atoms with Gasteiger partial charge in [0.2, 0.25) is 5.88 Å². The van der Waals surface area contributed by atoms with Crippen molar-refractivity contribution in [1.82, 2.24) is 9.78 Å². The van der Waals surface area contributed by atoms with Gasteiger partial charge in [0, 0.05) is 17.1 Å². The second kappa shape index (κ2) is 5.71. The zero-order valence-corrected chi connectivity index (χ0v) is 12.4. The van der Waals surface area contributed by atoms with Crippen LogP contribution in [0.15, 0.2) is 22.7 Å². The van der Waals surface area contributed by atoms with Crippen molar-refractivity contribution in [1.29, 1.82) is 0 Å². The molecular weight excluding hydrogens is 313 g/mol. The molecule has 0 radical (unpaired) electrons. The van der Waals surface area contributed by atoms with Gasteiger partial charge in [0.25, 0.3) is 0 Å². The van der Waals surface area contributed by atoms with Crippen LogP contribution < -0.4 is 10.5 Å². The van der Waals surface area contributed by atoms with Crippen molar-refractivity contribution >= 4 is 15.9 Å². The van der Waals surface area contributed by atoms with Gasteiger partial charge in [-0.3, -0.25) is 0 Å². The maximum absolute atomic E-state index is 13.7. The largest absolute Gasteiger partial charge is 0.436 e. The minimum absolute atomic E-state index is 0.163. The predicted molar refractivity (Wildman–Crippen MR) is 74.9 cm³/mol. The number of ether oxygens (including phenoxy) is 1. The molecule has 1 heterocycles. The fraction of sp³-hybridized carbons (Fsp3) is 0.308. The normalized spacial score (nSPS) is 10.8. The second-order valence-electron chi connectivity index (χ2n) is 4.21. The maximum atomic E-state index is 13.7. The monoisotopic (exact) mass is 327 g/mol. The molecule has 0 amide bonds. The van der Waals surface area contributed by atoms with Crippen molar-refractivity contribution in [3.63, 3.8) is 0 Å². The average Bonchev–Trinajstić information content (AvgIpc) is 2.61. The van der Waals surface area contributed by atoms with Crippen molar-refractivity contribution in [2.24, 2.45) is 12.8 Å². The van der Waals surface area contributed by atoms with E-state index < -0.39 is 5.82 Å². The van der Waals surface area contributed by atoms with Crippen LogP contribution >= 0.6 is 15.9 Å². The second-order valence-corrected chi connectivity index (χ2v) is 5.12. The first-order valence-electron chi connectivity index (χ1n) is 5.88. The molecule has 0 aliphatic rings. The molecule has 102 valence electrons. The number of nitrogens with zero attached hydrogens (tertiary/aromatic N) is 2. The highest BCUT2D eigenvalue weighted by Gasteiger charge is 2.16. The third-order valence-corrected chi connectivity index (χ3v) is 3.28. The summed E-state index contributed by atoms with van der Waals surface area (Å²) < 4.78 is 21.7. The van der Waals surface area contributed by atoms with E-state index in [1.165, 1.54) is 6.07 Å². The summed E-state index contributed by atoms with van der Waals surface area (Å²) in [5.74, 6) is 0.274. The number of benzene rings is 1. The molecule has 0 aliphatic carbocycles. The maximum Gasteiger partial charge on any atom is 0.221 e. The van der Waals surface area contributed by atoms with Crippen molar-refractivity contribution < 1.29 is 9.13 Å². The number of hydrogen-bond acceptors (Lipinski definition) is 3. The molecule has 0 atom stereocenters. The minimum Gasteiger partial charge on any atom is -0.436 e. The fourth-order valence-corrected chi connectivity index (χ4v) is 2.24. The van der Waals surface area contributed by atoms with E-state index in [1.54, 1.807) is 23.9 Å². The molecule has 1 aromatic heterocycles. The van der Waals surface area contributed by atoms with Crippen LogP contribution in [0, 0.1) is 12.7 Å². The number of nitrogens with two attached hydrogens (primary N) is 1. The van der Waals surface area contributed by atoms with Crippen LogP contribution in [-0.4, -0.2) is 16.3 Å². The van der Waals surface area contributed by atoms with Crippen molar-refractivity contribution in [3.05, 3.63) is 39.7 Å². The summed E-state index contributed by atoms with van der Waals surface area (Å²) in [7, 11) is 1.76. The van der Waals surface area contributed by atoms with E-state index in [-0.39, 0.29) is 5.75 Å². The molecule has 0 fully saturated rings. The zero-order chi connectivity index (χ0) is 14.0. The van der Waals surface area contributed by atoms with E-state index in [4.69, 9.17) is 10.5 Å². The van der Waals surface area contributed by atoms with E-state index in [1.807, 2.05) is 6.92 Å². The molecule has 0 unspecified atom stereocenters. The lowest BCUT2D eigenvalue weighted by molar-refractivity contribution is 0.399. The van der Waals surface area contributed by atoms with Gasteiger partial charge in [0.1, 0.15) is 0 Å². The highest BCUT2D eigenvalue weighted by molar-refractivity contribution is 9.10. The first-order chi connectivity index (χ1) is 9.02. The summed E-state index contributed by atoms with van der Waals surface area (Å²) in [6.45, 7) is 2.37. The van der Waals surface area contributed by atoms with Gasteiger partial charge >= 0.3 is 0 Å². The third kappa shape index (κ3) is 2.96. The van der Waals surface area contributed by atoms with Crippen molar-refractivity contribution in [2.75, 3.05) is 6.54 Å². The molecule has 19 heavy (non-hydrogen) atoms. The molecule has 0 aliphatic heterocycles. The van der Waals surface area contributed by atoms with E-state index in [0.29, 0.717) is 18.8 Å². The van der Waals surface area contributed by atoms with Gasteiger partial charge in [0.05, 0.1) is 5.69 Å². The molecule has 1 aromatic carbocycles. The topological polar surface area (TPSA) is 53.1 Å². The molecule has 4 nitrogen and oxygen atoms in total. The molecule has 6 heteroatoms. The first kappa shape index (κ1) is 14.0. The Bertz CT molecular complexity index is 598. The summed E-state index contributed by atoms with van der Waals surface area (Å²) in [6.07, 6.45) is 0.643. The van der Waals surface area contributed by atoms with E-state index in [9.17, 15) is 4.39 Å². The lowest BCUT2D eigenvalue weighted by atomic mass is 10.2. The van der Waals surface area contributed by atoms with Gasteiger partial charge < -0.3 is 10.5 Å². The Morgan fingerprint density at radius 3 is 2.89 bits per heavy atom. The van der Waals surface area contributed by atoms with Crippen LogP contribution in [0.2, 0.25) is 0 Å². The molecule has 2 aromatic rings. The summed E-state index contributed by atoms with van der Waals surface area (Å²) in [5, 5.41) is 4.28. The Labute approximate surface area is 119 Å². The molecule has 0 bridgehead atoms. The van der Waals surface area contributed by atoms with Crippen molar-refractivity contribution in [2.45, 2.75) is 13.3 Å². The van der Waals surface area contributed by atoms with Crippen LogP contribution in [0.25, 0.3) is 0 Å². The Morgan fingerprint density at radius 1 is 1.47 bits per heavy atom. The number of aryl methyl sites for hydroxylation is 2. The van der Waals surface area contributed by atoms with Crippen LogP contribution in [0.4, 0.5) is 4.39 Å². The summed E-state index contributed by atoms with van der Waals surface area (Å²) >= 11 is 3.29. The van der Waals surface area contributed by atoms with Crippen LogP contribution in [0.1, 0.15) is 11.3 Å². The van der Waals surface area contributed by atoms with Gasteiger partial charge in [-0.15, -0.1) is 0 Å². The Kier molecular flexibility index (Phi) is 4.21. The smallest absolute Gasteiger partial charge is 0.221 e. The molecule has 0 saturated carbocycles. The number of aromatic nitrogens is 2. The summed E-state index contributed by atoms with van der Waals surface area (Å²) in [4.78, 5) is 0. The Hall–Kier alpha value is -1.40. The first-order valence-corrected chi connectivity index (χ1v) is 6.67. The SMILES string of the molecule is Cc1nn(C)c(Oc2cc(Br)ccc2F)c1CCN. The molecule has 0 saturated heterocycles. The Morgan fingerprint density at radius 2 is 2.21 bits per heavy atom. The highest BCUT2D eigenvalue weighted by atomic mass is 79.9. The molecule has 0 spiro atoms. The summed E-state index contributed by atoms with van der Waals surface area (Å²) in [5.41, 5.74) is 7.33. The molecular formula is C13H15BrFN3O. The van der Waals surface area contributed by atoms with Gasteiger partial charge in [-0.25, -0.2) is 9.07 Å². The zero-order valence-electron chi connectivity index (χ0n) is 10.8. The van der Waals surface area contributed by atoms with E-state index in [2.05, 4.69) is 21.0 Å². The van der Waals surface area contributed by atoms with Gasteiger partial charge in [-0.1, -0.05) is 15.9 Å². The number of hydrogen-bond donors (Lipinski definition) is 1. The van der Waals surface area contributed by atoms with Crippen LogP contribution in [0.5, 0.6) is 11.6 Å².